The number of aromatic carboxylic acids is 1. The zero-order valence-electron chi connectivity index (χ0n) is 12.9. The van der Waals surface area contributed by atoms with Crippen molar-refractivity contribution < 1.29 is 9.90 Å². The quantitative estimate of drug-likeness (QED) is 0.596. The Balaban J connectivity index is 1.56. The van der Waals surface area contributed by atoms with Gasteiger partial charge in [-0.3, -0.25) is 9.78 Å². The second kappa shape index (κ2) is 6.84. The van der Waals surface area contributed by atoms with Crippen LogP contribution in [0.1, 0.15) is 33.6 Å². The molecule has 124 valence electrons. The molecule has 0 spiro atoms. The van der Waals surface area contributed by atoms with Crippen LogP contribution in [0.2, 0.25) is 0 Å². The molecule has 0 aliphatic heterocycles. The number of nitrogens with one attached hydrogen (secondary N) is 1. The Hall–Kier alpha value is -2.67. The van der Waals surface area contributed by atoms with Crippen LogP contribution in [0.4, 0.5) is 5.95 Å². The summed E-state index contributed by atoms with van der Waals surface area (Å²) in [6, 6.07) is 8.86. The molecule has 0 saturated heterocycles. The number of hydrogen-bond acceptors (Lipinski definition) is 5. The molecule has 7 heteroatoms. The van der Waals surface area contributed by atoms with Crippen LogP contribution in [0.3, 0.4) is 0 Å². The molecule has 0 bridgehead atoms. The molecule has 0 amide bonds. The summed E-state index contributed by atoms with van der Waals surface area (Å²) >= 11 is 1.50. The van der Waals surface area contributed by atoms with Gasteiger partial charge in [-0.15, -0.1) is 11.3 Å². The van der Waals surface area contributed by atoms with Crippen LogP contribution in [0.15, 0.2) is 35.1 Å². The Bertz CT molecular complexity index is 928. The molecule has 1 aromatic carbocycles. The molecule has 0 unspecified atom stereocenters. The largest absolute Gasteiger partial charge is 0.478 e. The summed E-state index contributed by atoms with van der Waals surface area (Å²) in [6.07, 6.45) is 3.76. The number of nitrogens with zero attached hydrogens (tertiary/aromatic N) is 1. The maximum Gasteiger partial charge on any atom is 0.335 e. The predicted molar refractivity (Wildman–Crippen MR) is 94.7 cm³/mol. The van der Waals surface area contributed by atoms with E-state index < -0.39 is 5.97 Å². The van der Waals surface area contributed by atoms with E-state index in [1.165, 1.54) is 11.3 Å². The van der Waals surface area contributed by atoms with Gasteiger partial charge in [-0.05, 0) is 49.4 Å². The predicted octanol–water partition coefficient (Wildman–Crippen LogP) is 2.83. The minimum Gasteiger partial charge on any atom is -0.478 e. The number of aromatic nitrogens is 2. The molecule has 2 aromatic heterocycles. The third kappa shape index (κ3) is 3.62. The van der Waals surface area contributed by atoms with Crippen molar-refractivity contribution in [2.24, 2.45) is 0 Å². The number of carboxylic acid groups (broad SMARTS) is 1. The second-order valence-electron chi connectivity index (χ2n) is 5.59. The number of nitrogens with two attached hydrogens (primary N) is 1. The first-order valence-electron chi connectivity index (χ1n) is 7.63. The SMILES string of the molecule is Nc1nc2sc(CCCCc3ccc(C(=O)O)cc3)cc2c(=O)[nH]1. The molecule has 3 aromatic rings. The van der Waals surface area contributed by atoms with Gasteiger partial charge in [0.2, 0.25) is 5.95 Å². The van der Waals surface area contributed by atoms with E-state index in [9.17, 15) is 9.59 Å². The fraction of sp³-hybridized carbons (Fsp3) is 0.235. The maximum atomic E-state index is 11.8. The fourth-order valence-corrected chi connectivity index (χ4v) is 3.64. The third-order valence-corrected chi connectivity index (χ3v) is 4.90. The highest BCUT2D eigenvalue weighted by Crippen LogP contribution is 2.23. The number of H-pyrrole nitrogens is 1. The van der Waals surface area contributed by atoms with Gasteiger partial charge < -0.3 is 10.8 Å². The standard InChI is InChI=1S/C17H17N3O3S/c18-17-19-14(21)13-9-12(24-15(13)20-17)4-2-1-3-10-5-7-11(8-6-10)16(22)23/h5-9H,1-4H2,(H,22,23)(H3,18,19,20,21). The van der Waals surface area contributed by atoms with Gasteiger partial charge in [0.25, 0.3) is 5.56 Å². The number of nitrogen functional groups attached to an aromatic ring is 1. The molecule has 0 fully saturated rings. The smallest absolute Gasteiger partial charge is 0.335 e. The minimum atomic E-state index is -0.907. The number of unbranched alkanes of at least 4 members (excludes halogenated alkanes) is 1. The van der Waals surface area contributed by atoms with Gasteiger partial charge in [0, 0.05) is 4.88 Å². The van der Waals surface area contributed by atoms with Gasteiger partial charge in [0.15, 0.2) is 0 Å². The third-order valence-electron chi connectivity index (χ3n) is 3.81. The summed E-state index contributed by atoms with van der Waals surface area (Å²) < 4.78 is 0. The Morgan fingerprint density at radius 3 is 2.62 bits per heavy atom. The first-order valence-corrected chi connectivity index (χ1v) is 8.45. The summed E-state index contributed by atoms with van der Waals surface area (Å²) in [5, 5.41) is 9.47. The molecule has 24 heavy (non-hydrogen) atoms. The van der Waals surface area contributed by atoms with Crippen molar-refractivity contribution in [2.45, 2.75) is 25.7 Å². The highest BCUT2D eigenvalue weighted by Gasteiger charge is 2.08. The summed E-state index contributed by atoms with van der Waals surface area (Å²) in [5.74, 6) is -0.763. The molecule has 0 saturated carbocycles. The van der Waals surface area contributed by atoms with Crippen molar-refractivity contribution in [3.63, 3.8) is 0 Å². The lowest BCUT2D eigenvalue weighted by Gasteiger charge is -2.02. The van der Waals surface area contributed by atoms with Crippen LogP contribution in [-0.2, 0) is 12.8 Å². The van der Waals surface area contributed by atoms with E-state index in [1.807, 2.05) is 18.2 Å². The van der Waals surface area contributed by atoms with E-state index in [-0.39, 0.29) is 11.5 Å². The van der Waals surface area contributed by atoms with E-state index >= 15 is 0 Å². The van der Waals surface area contributed by atoms with Gasteiger partial charge in [-0.1, -0.05) is 12.1 Å². The van der Waals surface area contributed by atoms with E-state index in [0.717, 1.165) is 36.1 Å². The van der Waals surface area contributed by atoms with Crippen LogP contribution in [0.25, 0.3) is 10.2 Å². The zero-order chi connectivity index (χ0) is 17.1. The first-order chi connectivity index (χ1) is 11.5. The van der Waals surface area contributed by atoms with Crippen LogP contribution in [0.5, 0.6) is 0 Å². The molecule has 6 nitrogen and oxygen atoms in total. The van der Waals surface area contributed by atoms with E-state index in [2.05, 4.69) is 9.97 Å². The van der Waals surface area contributed by atoms with Crippen LogP contribution >= 0.6 is 11.3 Å². The number of hydrogen-bond donors (Lipinski definition) is 3. The molecule has 0 atom stereocenters. The van der Waals surface area contributed by atoms with Gasteiger partial charge in [-0.25, -0.2) is 9.78 Å². The molecule has 0 radical (unpaired) electrons. The minimum absolute atomic E-state index is 0.144. The number of aryl methyl sites for hydroxylation is 2. The summed E-state index contributed by atoms with van der Waals surface area (Å²) in [4.78, 5) is 31.1. The molecule has 3 rings (SSSR count). The first kappa shape index (κ1) is 16.2. The summed E-state index contributed by atoms with van der Waals surface area (Å²) in [7, 11) is 0. The molecule has 2 heterocycles. The van der Waals surface area contributed by atoms with Crippen LogP contribution in [-0.4, -0.2) is 21.0 Å². The fourth-order valence-electron chi connectivity index (χ4n) is 2.56. The Morgan fingerprint density at radius 1 is 1.21 bits per heavy atom. The zero-order valence-corrected chi connectivity index (χ0v) is 13.7. The van der Waals surface area contributed by atoms with Crippen LogP contribution < -0.4 is 11.3 Å². The Morgan fingerprint density at radius 2 is 1.92 bits per heavy atom. The number of aromatic amines is 1. The molecular weight excluding hydrogens is 326 g/mol. The topological polar surface area (TPSA) is 109 Å². The molecule has 0 aliphatic carbocycles. The number of carboxylic acids is 1. The summed E-state index contributed by atoms with van der Waals surface area (Å²) in [5.41, 5.74) is 6.79. The van der Waals surface area contributed by atoms with E-state index in [4.69, 9.17) is 10.8 Å². The second-order valence-corrected chi connectivity index (χ2v) is 6.71. The van der Waals surface area contributed by atoms with Gasteiger partial charge >= 0.3 is 5.97 Å². The Labute approximate surface area is 142 Å². The van der Waals surface area contributed by atoms with Crippen molar-refractivity contribution >= 4 is 33.5 Å². The number of fused-ring (bicyclic) bond motifs is 1. The van der Waals surface area contributed by atoms with Crippen molar-refractivity contribution in [3.8, 4) is 0 Å². The number of carbonyl (C=O) groups is 1. The average Bonchev–Trinajstić information content (AvgIpc) is 2.95. The van der Waals surface area contributed by atoms with Gasteiger partial charge in [0.05, 0.1) is 10.9 Å². The van der Waals surface area contributed by atoms with Crippen molar-refractivity contribution in [3.05, 3.63) is 56.7 Å². The van der Waals surface area contributed by atoms with E-state index in [1.54, 1.807) is 12.1 Å². The molecule has 0 aliphatic rings. The van der Waals surface area contributed by atoms with Gasteiger partial charge in [0.1, 0.15) is 4.83 Å². The lowest BCUT2D eigenvalue weighted by atomic mass is 10.0. The van der Waals surface area contributed by atoms with E-state index in [0.29, 0.717) is 15.8 Å². The summed E-state index contributed by atoms with van der Waals surface area (Å²) in [6.45, 7) is 0. The van der Waals surface area contributed by atoms with Crippen molar-refractivity contribution in [1.29, 1.82) is 0 Å². The van der Waals surface area contributed by atoms with Crippen LogP contribution in [0, 0.1) is 0 Å². The van der Waals surface area contributed by atoms with Crippen molar-refractivity contribution in [2.75, 3.05) is 5.73 Å². The number of rotatable bonds is 6. The van der Waals surface area contributed by atoms with Gasteiger partial charge in [-0.2, -0.15) is 0 Å². The monoisotopic (exact) mass is 343 g/mol. The lowest BCUT2D eigenvalue weighted by molar-refractivity contribution is 0.0697. The number of benzene rings is 1. The Kier molecular flexibility index (Phi) is 4.61. The molecule has 4 N–H and O–H groups in total. The van der Waals surface area contributed by atoms with Crippen molar-refractivity contribution in [1.82, 2.24) is 9.97 Å². The number of thiophene rings is 1. The molecular formula is C17H17N3O3S. The highest BCUT2D eigenvalue weighted by atomic mass is 32.1. The average molecular weight is 343 g/mol. The maximum absolute atomic E-state index is 11.8. The normalized spacial score (nSPS) is 11.0. The lowest BCUT2D eigenvalue weighted by Crippen LogP contribution is -2.09. The number of anilines is 1. The highest BCUT2D eigenvalue weighted by molar-refractivity contribution is 7.18.